The zero-order valence-corrected chi connectivity index (χ0v) is 10.9. The van der Waals surface area contributed by atoms with E-state index in [9.17, 15) is 0 Å². The largest absolute Gasteiger partial charge is 0.377 e. The molecule has 0 amide bonds. The van der Waals surface area contributed by atoms with E-state index in [1.807, 2.05) is 11.0 Å². The molecule has 0 aromatic carbocycles. The van der Waals surface area contributed by atoms with E-state index >= 15 is 0 Å². The number of rotatable bonds is 4. The maximum absolute atomic E-state index is 5.85. The van der Waals surface area contributed by atoms with Gasteiger partial charge in [0.05, 0.1) is 12.6 Å². The molecule has 2 saturated heterocycles. The summed E-state index contributed by atoms with van der Waals surface area (Å²) in [5.41, 5.74) is 0. The normalized spacial score (nSPS) is 29.8. The molecular weight excluding hydrogens is 228 g/mol. The van der Waals surface area contributed by atoms with Crippen molar-refractivity contribution in [2.45, 2.75) is 50.8 Å². The second-order valence-corrected chi connectivity index (χ2v) is 5.40. The molecule has 5 nitrogen and oxygen atoms in total. The molecule has 1 aromatic rings. The van der Waals surface area contributed by atoms with Crippen LogP contribution in [0.25, 0.3) is 0 Å². The first-order valence-electron chi connectivity index (χ1n) is 7.10. The van der Waals surface area contributed by atoms with Gasteiger partial charge in [-0.25, -0.2) is 4.98 Å². The van der Waals surface area contributed by atoms with Crippen LogP contribution in [0, 0.1) is 0 Å². The van der Waals surface area contributed by atoms with Gasteiger partial charge in [0, 0.05) is 19.2 Å². The average molecular weight is 250 g/mol. The molecule has 0 saturated carbocycles. The first-order valence-corrected chi connectivity index (χ1v) is 7.10. The molecule has 2 aliphatic heterocycles. The zero-order chi connectivity index (χ0) is 12.2. The highest BCUT2D eigenvalue weighted by atomic mass is 16.5. The molecule has 18 heavy (non-hydrogen) atoms. The molecule has 0 bridgehead atoms. The van der Waals surface area contributed by atoms with Crippen LogP contribution in [0.1, 0.15) is 32.1 Å². The quantitative estimate of drug-likeness (QED) is 0.808. The average Bonchev–Trinajstić information content (AvgIpc) is 3.04. The Hall–Kier alpha value is -0.940. The van der Waals surface area contributed by atoms with E-state index < -0.39 is 0 Å². The van der Waals surface area contributed by atoms with E-state index in [-0.39, 0.29) is 0 Å². The highest BCUT2D eigenvalue weighted by Gasteiger charge is 2.28. The van der Waals surface area contributed by atoms with Gasteiger partial charge in [-0.15, -0.1) is 0 Å². The van der Waals surface area contributed by atoms with E-state index in [4.69, 9.17) is 4.74 Å². The van der Waals surface area contributed by atoms with Crippen molar-refractivity contribution >= 4 is 0 Å². The van der Waals surface area contributed by atoms with Crippen molar-refractivity contribution in [3.63, 3.8) is 0 Å². The Morgan fingerprint density at radius 2 is 2.17 bits per heavy atom. The molecule has 0 aliphatic carbocycles. The fourth-order valence-electron chi connectivity index (χ4n) is 3.10. The predicted molar refractivity (Wildman–Crippen MR) is 68.2 cm³/mol. The van der Waals surface area contributed by atoms with Gasteiger partial charge in [-0.3, -0.25) is 9.58 Å². The first-order chi connectivity index (χ1) is 8.92. The Kier molecular flexibility index (Phi) is 3.90. The number of ether oxygens (including phenoxy) is 1. The van der Waals surface area contributed by atoms with E-state index in [0.29, 0.717) is 12.1 Å². The first kappa shape index (κ1) is 12.1. The van der Waals surface area contributed by atoms with Gasteiger partial charge in [-0.1, -0.05) is 0 Å². The Morgan fingerprint density at radius 3 is 2.94 bits per heavy atom. The molecule has 0 spiro atoms. The van der Waals surface area contributed by atoms with Crippen molar-refractivity contribution in [1.29, 1.82) is 0 Å². The summed E-state index contributed by atoms with van der Waals surface area (Å²) in [6.45, 7) is 4.22. The van der Waals surface area contributed by atoms with Crippen LogP contribution in [0.3, 0.4) is 0 Å². The van der Waals surface area contributed by atoms with Gasteiger partial charge in [0.2, 0.25) is 0 Å². The third kappa shape index (κ3) is 2.90. The van der Waals surface area contributed by atoms with Crippen LogP contribution in [-0.2, 0) is 11.3 Å². The van der Waals surface area contributed by atoms with Gasteiger partial charge in [-0.05, 0) is 38.6 Å². The number of hydrogen-bond acceptors (Lipinski definition) is 4. The Morgan fingerprint density at radius 1 is 1.17 bits per heavy atom. The van der Waals surface area contributed by atoms with Gasteiger partial charge in [-0.2, -0.15) is 5.10 Å². The molecule has 100 valence electrons. The molecule has 2 fully saturated rings. The number of nitrogens with zero attached hydrogens (tertiary/aromatic N) is 4. The molecule has 3 heterocycles. The minimum Gasteiger partial charge on any atom is -0.377 e. The lowest BCUT2D eigenvalue weighted by molar-refractivity contribution is -0.00911. The standard InChI is InChI=1S/C13H22N4O/c1-2-7-18-13(5-1)9-16-6-3-4-12(16)8-17-11-14-10-15-17/h10-13H,1-9H2/t12-,13+/m0/s1. The highest BCUT2D eigenvalue weighted by molar-refractivity contribution is 4.82. The topological polar surface area (TPSA) is 43.2 Å². The smallest absolute Gasteiger partial charge is 0.137 e. The van der Waals surface area contributed by atoms with Gasteiger partial charge in [0.1, 0.15) is 12.7 Å². The van der Waals surface area contributed by atoms with Crippen molar-refractivity contribution in [1.82, 2.24) is 19.7 Å². The molecule has 2 atom stereocenters. The van der Waals surface area contributed by atoms with Gasteiger partial charge >= 0.3 is 0 Å². The van der Waals surface area contributed by atoms with Crippen LogP contribution in [0.15, 0.2) is 12.7 Å². The maximum Gasteiger partial charge on any atom is 0.137 e. The summed E-state index contributed by atoms with van der Waals surface area (Å²) in [6, 6.07) is 0.609. The third-order valence-corrected chi connectivity index (χ3v) is 4.08. The van der Waals surface area contributed by atoms with Crippen molar-refractivity contribution < 1.29 is 4.74 Å². The molecule has 5 heteroatoms. The predicted octanol–water partition coefficient (Wildman–Crippen LogP) is 1.31. The molecule has 0 unspecified atom stereocenters. The lowest BCUT2D eigenvalue weighted by Gasteiger charge is -2.30. The summed E-state index contributed by atoms with van der Waals surface area (Å²) >= 11 is 0. The van der Waals surface area contributed by atoms with E-state index in [2.05, 4.69) is 15.0 Å². The molecule has 1 aromatic heterocycles. The Bertz CT molecular complexity index is 348. The highest BCUT2D eigenvalue weighted by Crippen LogP contribution is 2.22. The van der Waals surface area contributed by atoms with E-state index in [1.54, 1.807) is 6.33 Å². The summed E-state index contributed by atoms with van der Waals surface area (Å²) in [5, 5.41) is 4.21. The minimum atomic E-state index is 0.454. The summed E-state index contributed by atoms with van der Waals surface area (Å²) in [4.78, 5) is 6.59. The molecule has 0 radical (unpaired) electrons. The van der Waals surface area contributed by atoms with Crippen molar-refractivity contribution in [2.24, 2.45) is 0 Å². The van der Waals surface area contributed by atoms with Crippen molar-refractivity contribution in [3.8, 4) is 0 Å². The fourth-order valence-corrected chi connectivity index (χ4v) is 3.10. The Balaban J connectivity index is 1.53. The second-order valence-electron chi connectivity index (χ2n) is 5.40. The van der Waals surface area contributed by atoms with Gasteiger partial charge in [0.15, 0.2) is 0 Å². The second kappa shape index (κ2) is 5.80. The molecule has 3 rings (SSSR count). The van der Waals surface area contributed by atoms with Crippen LogP contribution in [0.5, 0.6) is 0 Å². The van der Waals surface area contributed by atoms with E-state index in [0.717, 1.165) is 19.7 Å². The zero-order valence-electron chi connectivity index (χ0n) is 10.9. The molecule has 2 aliphatic rings. The number of hydrogen-bond donors (Lipinski definition) is 0. The summed E-state index contributed by atoms with van der Waals surface area (Å²) in [6.07, 6.45) is 10.2. The van der Waals surface area contributed by atoms with Crippen LogP contribution in [0.2, 0.25) is 0 Å². The lowest BCUT2D eigenvalue weighted by atomic mass is 10.1. The van der Waals surface area contributed by atoms with Crippen molar-refractivity contribution in [3.05, 3.63) is 12.7 Å². The van der Waals surface area contributed by atoms with Crippen LogP contribution in [0.4, 0.5) is 0 Å². The molecular formula is C13H22N4O. The van der Waals surface area contributed by atoms with E-state index in [1.165, 1.54) is 38.6 Å². The monoisotopic (exact) mass is 250 g/mol. The number of likely N-dealkylation sites (tertiary alicyclic amines) is 1. The third-order valence-electron chi connectivity index (χ3n) is 4.08. The lowest BCUT2D eigenvalue weighted by Crippen LogP contribution is -2.40. The minimum absolute atomic E-state index is 0.454. The summed E-state index contributed by atoms with van der Waals surface area (Å²) in [5.74, 6) is 0. The number of aromatic nitrogens is 3. The Labute approximate surface area is 108 Å². The van der Waals surface area contributed by atoms with Crippen LogP contribution >= 0.6 is 0 Å². The maximum atomic E-state index is 5.85. The fraction of sp³-hybridized carbons (Fsp3) is 0.846. The summed E-state index contributed by atoms with van der Waals surface area (Å²) in [7, 11) is 0. The SMILES string of the molecule is c1ncn(C[C@@H]2CCCN2C[C@H]2CCCCO2)n1. The molecule has 0 N–H and O–H groups in total. The van der Waals surface area contributed by atoms with Gasteiger partial charge in [0.25, 0.3) is 0 Å². The summed E-state index contributed by atoms with van der Waals surface area (Å²) < 4.78 is 7.80. The van der Waals surface area contributed by atoms with Crippen molar-refractivity contribution in [2.75, 3.05) is 19.7 Å². The van der Waals surface area contributed by atoms with Crippen LogP contribution < -0.4 is 0 Å². The van der Waals surface area contributed by atoms with Crippen LogP contribution in [-0.4, -0.2) is 51.5 Å². The van der Waals surface area contributed by atoms with Gasteiger partial charge < -0.3 is 4.74 Å².